The van der Waals surface area contributed by atoms with Crippen LogP contribution < -0.4 is 5.32 Å². The third-order valence-electron chi connectivity index (χ3n) is 5.14. The van der Waals surface area contributed by atoms with Gasteiger partial charge in [0.1, 0.15) is 35.2 Å². The molecule has 4 rings (SSSR count). The second kappa shape index (κ2) is 8.77. The van der Waals surface area contributed by atoms with Gasteiger partial charge in [-0.3, -0.25) is 4.57 Å². The summed E-state index contributed by atoms with van der Waals surface area (Å²) in [5, 5.41) is 2.63. The predicted octanol–water partition coefficient (Wildman–Crippen LogP) is 3.57. The van der Waals surface area contributed by atoms with Crippen LogP contribution in [0.2, 0.25) is 0 Å². The summed E-state index contributed by atoms with van der Waals surface area (Å²) in [7, 11) is -3.53. The number of halogens is 2. The maximum Gasteiger partial charge on any atom is 0.235 e. The molecule has 0 aliphatic rings. The van der Waals surface area contributed by atoms with Gasteiger partial charge < -0.3 is 5.32 Å². The minimum Gasteiger partial charge on any atom is -0.333 e. The van der Waals surface area contributed by atoms with Gasteiger partial charge in [-0.2, -0.15) is 0 Å². The van der Waals surface area contributed by atoms with E-state index in [1.165, 1.54) is 12.5 Å². The third kappa shape index (κ3) is 4.51. The largest absolute Gasteiger partial charge is 0.333 e. The normalized spacial score (nSPS) is 11.8. The molecule has 33 heavy (non-hydrogen) atoms. The van der Waals surface area contributed by atoms with Crippen LogP contribution in [0.25, 0.3) is 17.0 Å². The smallest absolute Gasteiger partial charge is 0.235 e. The number of anilines is 2. The monoisotopic (exact) mass is 473 g/mol. The second-order valence-electron chi connectivity index (χ2n) is 7.52. The number of rotatable bonds is 7. The van der Waals surface area contributed by atoms with Crippen molar-refractivity contribution in [2.24, 2.45) is 0 Å². The van der Waals surface area contributed by atoms with Crippen molar-refractivity contribution >= 4 is 32.4 Å². The highest BCUT2D eigenvalue weighted by molar-refractivity contribution is 7.90. The number of sulfone groups is 1. The van der Waals surface area contributed by atoms with Gasteiger partial charge in [0.25, 0.3) is 0 Å². The van der Waals surface area contributed by atoms with Crippen LogP contribution in [-0.4, -0.2) is 43.7 Å². The fraction of sp³-hybridized carbons (Fsp3) is 0.286. The quantitative estimate of drug-likeness (QED) is 0.433. The molecule has 172 valence electrons. The van der Waals surface area contributed by atoms with Gasteiger partial charge in [0.2, 0.25) is 5.95 Å². The zero-order valence-electron chi connectivity index (χ0n) is 18.2. The number of aromatic nitrogens is 6. The lowest BCUT2D eigenvalue weighted by molar-refractivity contribution is 0.574. The van der Waals surface area contributed by atoms with Crippen LogP contribution >= 0.6 is 0 Å². The highest BCUT2D eigenvalue weighted by Crippen LogP contribution is 2.29. The fourth-order valence-corrected chi connectivity index (χ4v) is 4.78. The minimum absolute atomic E-state index is 0.0458. The van der Waals surface area contributed by atoms with Crippen LogP contribution in [-0.2, 0) is 15.6 Å². The number of aryl methyl sites for hydroxylation is 1. The molecular formula is C21H21F2N7O2S. The topological polar surface area (TPSA) is 116 Å². The summed E-state index contributed by atoms with van der Waals surface area (Å²) in [4.78, 5) is 21.2. The van der Waals surface area contributed by atoms with Crippen LogP contribution in [0.15, 0.2) is 31.0 Å². The summed E-state index contributed by atoms with van der Waals surface area (Å²) in [5.41, 5.74) is 1.57. The van der Waals surface area contributed by atoms with Gasteiger partial charge in [0.15, 0.2) is 21.5 Å². The first kappa shape index (κ1) is 22.6. The first-order chi connectivity index (χ1) is 15.7. The zero-order chi connectivity index (χ0) is 23.8. The van der Waals surface area contributed by atoms with E-state index in [1.54, 1.807) is 17.8 Å². The highest BCUT2D eigenvalue weighted by Gasteiger charge is 2.21. The van der Waals surface area contributed by atoms with E-state index in [0.717, 1.165) is 23.5 Å². The number of nitrogens with zero attached hydrogens (tertiary/aromatic N) is 6. The molecular weight excluding hydrogens is 452 g/mol. The highest BCUT2D eigenvalue weighted by atomic mass is 32.2. The molecule has 0 unspecified atom stereocenters. The van der Waals surface area contributed by atoms with E-state index in [0.29, 0.717) is 17.9 Å². The molecule has 4 aromatic rings. The Hall–Kier alpha value is -3.54. The molecule has 0 saturated carbocycles. The Morgan fingerprint density at radius 2 is 1.88 bits per heavy atom. The molecule has 0 aliphatic heterocycles. The van der Waals surface area contributed by atoms with E-state index in [4.69, 9.17) is 0 Å². The Kier molecular flexibility index (Phi) is 6.02. The van der Waals surface area contributed by atoms with Gasteiger partial charge in [-0.15, -0.1) is 0 Å². The number of benzene rings is 1. The lowest BCUT2D eigenvalue weighted by Crippen LogP contribution is -2.11. The summed E-state index contributed by atoms with van der Waals surface area (Å²) in [6.45, 7) is 5.43. The number of imidazole rings is 1. The van der Waals surface area contributed by atoms with Gasteiger partial charge in [-0.05, 0) is 26.3 Å². The number of hydrogen-bond donors (Lipinski definition) is 1. The second-order valence-corrected chi connectivity index (χ2v) is 9.71. The third-order valence-corrected chi connectivity index (χ3v) is 6.92. The van der Waals surface area contributed by atoms with E-state index >= 15 is 4.39 Å². The van der Waals surface area contributed by atoms with Crippen LogP contribution in [0, 0.1) is 25.5 Å². The Morgan fingerprint density at radius 3 is 2.58 bits per heavy atom. The van der Waals surface area contributed by atoms with Crippen molar-refractivity contribution in [3.8, 4) is 5.95 Å². The average molecular weight is 474 g/mol. The molecule has 0 amide bonds. The van der Waals surface area contributed by atoms with Crippen LogP contribution in [0.3, 0.4) is 0 Å². The number of fused-ring (bicyclic) bond motifs is 1. The van der Waals surface area contributed by atoms with Crippen molar-refractivity contribution in [1.29, 1.82) is 0 Å². The van der Waals surface area contributed by atoms with Crippen LogP contribution in [0.4, 0.5) is 20.3 Å². The van der Waals surface area contributed by atoms with Crippen molar-refractivity contribution in [2.45, 2.75) is 32.9 Å². The molecule has 0 spiro atoms. The molecule has 1 aromatic carbocycles. The molecule has 0 atom stereocenters. The van der Waals surface area contributed by atoms with E-state index in [9.17, 15) is 12.8 Å². The van der Waals surface area contributed by atoms with Gasteiger partial charge in [0, 0.05) is 11.3 Å². The Bertz CT molecular complexity index is 1450. The summed E-state index contributed by atoms with van der Waals surface area (Å²) in [6.07, 6.45) is 4.66. The molecule has 0 fully saturated rings. The van der Waals surface area contributed by atoms with Crippen molar-refractivity contribution < 1.29 is 17.2 Å². The summed E-state index contributed by atoms with van der Waals surface area (Å²) < 4.78 is 55.7. The molecule has 0 saturated heterocycles. The minimum atomic E-state index is -3.53. The maximum atomic E-state index is 15.1. The van der Waals surface area contributed by atoms with Gasteiger partial charge >= 0.3 is 0 Å². The predicted molar refractivity (Wildman–Crippen MR) is 119 cm³/mol. The molecule has 0 radical (unpaired) electrons. The average Bonchev–Trinajstić information content (AvgIpc) is 3.11. The van der Waals surface area contributed by atoms with Gasteiger partial charge in [-0.1, -0.05) is 13.0 Å². The molecule has 9 nitrogen and oxygen atoms in total. The Balaban J connectivity index is 1.77. The van der Waals surface area contributed by atoms with Crippen molar-refractivity contribution in [3.05, 3.63) is 59.6 Å². The zero-order valence-corrected chi connectivity index (χ0v) is 19.0. The maximum absolute atomic E-state index is 15.1. The lowest BCUT2D eigenvalue weighted by atomic mass is 10.2. The molecule has 3 heterocycles. The molecule has 0 bridgehead atoms. The van der Waals surface area contributed by atoms with E-state index < -0.39 is 32.9 Å². The Labute approximate surface area is 188 Å². The van der Waals surface area contributed by atoms with Crippen molar-refractivity contribution in [2.75, 3.05) is 11.1 Å². The van der Waals surface area contributed by atoms with E-state index in [2.05, 4.69) is 30.2 Å². The van der Waals surface area contributed by atoms with Gasteiger partial charge in [0.05, 0.1) is 23.4 Å². The first-order valence-corrected chi connectivity index (χ1v) is 11.9. The number of hydrogen-bond acceptors (Lipinski definition) is 8. The molecule has 3 aromatic heterocycles. The SMILES string of the molecule is CCCS(=O)(=O)Cc1ccc(F)c(Nc2ncnc3cnc(-n4cnc(C)c4C)nc23)c1F. The van der Waals surface area contributed by atoms with Crippen LogP contribution in [0.1, 0.15) is 30.3 Å². The van der Waals surface area contributed by atoms with Crippen LogP contribution in [0.5, 0.6) is 0 Å². The lowest BCUT2D eigenvalue weighted by Gasteiger charge is -2.13. The molecule has 1 N–H and O–H groups in total. The van der Waals surface area contributed by atoms with E-state index in [1.807, 2.05) is 13.8 Å². The summed E-state index contributed by atoms with van der Waals surface area (Å²) in [5.74, 6) is -2.18. The summed E-state index contributed by atoms with van der Waals surface area (Å²) >= 11 is 0. The first-order valence-electron chi connectivity index (χ1n) is 10.1. The van der Waals surface area contributed by atoms with Crippen molar-refractivity contribution in [3.63, 3.8) is 0 Å². The van der Waals surface area contributed by atoms with Crippen molar-refractivity contribution in [1.82, 2.24) is 29.5 Å². The fourth-order valence-electron chi connectivity index (χ4n) is 3.31. The Morgan fingerprint density at radius 1 is 1.09 bits per heavy atom. The van der Waals surface area contributed by atoms with Gasteiger partial charge in [-0.25, -0.2) is 42.1 Å². The standard InChI is InChI=1S/C21H21F2N7O2S/c1-4-7-33(31,32)9-14-5-6-15(22)18(17(14)23)28-20-19-16(25-10-26-20)8-24-21(29-19)30-11-27-12(2)13(30)3/h5-6,8,10-11H,4,7,9H2,1-3H3,(H,25,26,28). The summed E-state index contributed by atoms with van der Waals surface area (Å²) in [6, 6.07) is 2.15. The number of nitrogens with one attached hydrogen (secondary N) is 1. The molecule has 12 heteroatoms. The molecule has 0 aliphatic carbocycles. The van der Waals surface area contributed by atoms with E-state index in [-0.39, 0.29) is 22.7 Å².